The topological polar surface area (TPSA) is 49.8 Å². The van der Waals surface area contributed by atoms with E-state index in [-0.39, 0.29) is 24.8 Å². The number of carbonyl (C=O) groups is 1. The van der Waals surface area contributed by atoms with Crippen LogP contribution in [-0.4, -0.2) is 42.2 Å². The van der Waals surface area contributed by atoms with Crippen LogP contribution in [0, 0.1) is 0 Å². The van der Waals surface area contributed by atoms with Crippen LogP contribution in [0.15, 0.2) is 24.3 Å². The van der Waals surface area contributed by atoms with Crippen LogP contribution in [0.25, 0.3) is 0 Å². The second kappa shape index (κ2) is 9.62. The summed E-state index contributed by atoms with van der Waals surface area (Å²) in [6.45, 7) is 2.47. The molecule has 0 heterocycles. The Hall–Kier alpha value is -1.47. The maximum atomic E-state index is 12.5. The van der Waals surface area contributed by atoms with Crippen molar-refractivity contribution in [3.8, 4) is 5.75 Å². The molecule has 0 aliphatic rings. The highest BCUT2D eigenvalue weighted by atomic mass is 35.5. The number of aliphatic carboxylic acids is 1. The van der Waals surface area contributed by atoms with Crippen LogP contribution in [0.4, 0.5) is 13.2 Å². The summed E-state index contributed by atoms with van der Waals surface area (Å²) in [5.74, 6) is -0.704. The molecule has 1 rings (SSSR count). The van der Waals surface area contributed by atoms with Crippen molar-refractivity contribution in [3.63, 3.8) is 0 Å². The number of nitrogens with zero attached hydrogens (tertiary/aromatic N) is 1. The van der Waals surface area contributed by atoms with Gasteiger partial charge in [-0.05, 0) is 51.6 Å². The number of hydrogen-bond acceptors (Lipinski definition) is 3. The summed E-state index contributed by atoms with van der Waals surface area (Å²) in [5, 5.41) is 8.84. The summed E-state index contributed by atoms with van der Waals surface area (Å²) in [5.41, 5.74) is -0.736. The van der Waals surface area contributed by atoms with E-state index in [9.17, 15) is 18.0 Å². The molecule has 1 aromatic rings. The van der Waals surface area contributed by atoms with Gasteiger partial charge in [0.25, 0.3) is 0 Å². The fraction of sp³-hybridized carbons (Fsp3) is 0.533. The van der Waals surface area contributed by atoms with Crippen LogP contribution in [0.2, 0.25) is 0 Å². The van der Waals surface area contributed by atoms with Crippen molar-refractivity contribution in [2.45, 2.75) is 32.0 Å². The lowest BCUT2D eigenvalue weighted by Crippen LogP contribution is -2.36. The van der Waals surface area contributed by atoms with Gasteiger partial charge < -0.3 is 9.84 Å². The summed E-state index contributed by atoms with van der Waals surface area (Å²) in [6, 6.07) is 4.19. The van der Waals surface area contributed by atoms with Crippen molar-refractivity contribution in [3.05, 3.63) is 29.8 Å². The average molecular weight is 356 g/mol. The van der Waals surface area contributed by atoms with Crippen LogP contribution < -0.4 is 4.74 Å². The van der Waals surface area contributed by atoms with Gasteiger partial charge in [0.2, 0.25) is 0 Å². The highest BCUT2D eigenvalue weighted by molar-refractivity contribution is 5.85. The molecular weight excluding hydrogens is 335 g/mol. The largest absolute Gasteiger partial charge is 0.494 e. The molecule has 0 fully saturated rings. The van der Waals surface area contributed by atoms with Gasteiger partial charge in [0, 0.05) is 0 Å². The molecule has 132 valence electrons. The zero-order valence-electron chi connectivity index (χ0n) is 13.0. The first kappa shape index (κ1) is 21.5. The number of carboxylic acids is 1. The first-order valence-corrected chi connectivity index (χ1v) is 6.95. The van der Waals surface area contributed by atoms with E-state index in [0.29, 0.717) is 19.4 Å². The first-order chi connectivity index (χ1) is 10.2. The Morgan fingerprint density at radius 1 is 1.35 bits per heavy atom. The maximum absolute atomic E-state index is 12.5. The fourth-order valence-electron chi connectivity index (χ4n) is 1.80. The highest BCUT2D eigenvalue weighted by Gasteiger charge is 2.30. The summed E-state index contributed by atoms with van der Waals surface area (Å²) in [6.07, 6.45) is -3.05. The molecule has 8 heteroatoms. The summed E-state index contributed by atoms with van der Waals surface area (Å²) >= 11 is 0. The smallest absolute Gasteiger partial charge is 0.416 e. The monoisotopic (exact) mass is 355 g/mol. The minimum atomic E-state index is -4.38. The summed E-state index contributed by atoms with van der Waals surface area (Å²) < 4.78 is 42.9. The maximum Gasteiger partial charge on any atom is 0.416 e. The molecule has 1 N–H and O–H groups in total. The van der Waals surface area contributed by atoms with Gasteiger partial charge in [0.15, 0.2) is 0 Å². The average Bonchev–Trinajstić information content (AvgIpc) is 2.45. The van der Waals surface area contributed by atoms with Crippen molar-refractivity contribution >= 4 is 18.4 Å². The Bertz CT molecular complexity index is 497. The number of benzene rings is 1. The van der Waals surface area contributed by atoms with E-state index >= 15 is 0 Å². The van der Waals surface area contributed by atoms with E-state index in [4.69, 9.17) is 9.84 Å². The van der Waals surface area contributed by atoms with Crippen molar-refractivity contribution < 1.29 is 27.8 Å². The van der Waals surface area contributed by atoms with E-state index in [1.165, 1.54) is 12.1 Å². The molecule has 23 heavy (non-hydrogen) atoms. The molecule has 0 aliphatic carbocycles. The lowest BCUT2D eigenvalue weighted by Gasteiger charge is -2.20. The van der Waals surface area contributed by atoms with Gasteiger partial charge in [-0.15, -0.1) is 12.4 Å². The molecule has 0 radical (unpaired) electrons. The van der Waals surface area contributed by atoms with Crippen LogP contribution in [0.1, 0.15) is 25.3 Å². The predicted octanol–water partition coefficient (Wildman–Crippen LogP) is 3.69. The van der Waals surface area contributed by atoms with E-state index in [1.807, 2.05) is 0 Å². The van der Waals surface area contributed by atoms with E-state index in [2.05, 4.69) is 0 Å². The Balaban J connectivity index is 0.00000484. The van der Waals surface area contributed by atoms with Gasteiger partial charge in [0.05, 0.1) is 12.2 Å². The van der Waals surface area contributed by atoms with Gasteiger partial charge in [-0.3, -0.25) is 9.69 Å². The minimum Gasteiger partial charge on any atom is -0.494 e. The molecule has 1 aromatic carbocycles. The fourth-order valence-corrected chi connectivity index (χ4v) is 1.80. The summed E-state index contributed by atoms with van der Waals surface area (Å²) in [4.78, 5) is 12.5. The molecule has 0 saturated carbocycles. The first-order valence-electron chi connectivity index (χ1n) is 6.95. The zero-order valence-corrected chi connectivity index (χ0v) is 13.8. The Kier molecular flexibility index (Phi) is 9.01. The molecule has 0 aromatic heterocycles. The van der Waals surface area contributed by atoms with Gasteiger partial charge >= 0.3 is 12.1 Å². The number of hydrogen-bond donors (Lipinski definition) is 1. The third-order valence-corrected chi connectivity index (χ3v) is 3.35. The van der Waals surface area contributed by atoms with E-state index in [0.717, 1.165) is 12.1 Å². The molecule has 0 bridgehead atoms. The molecule has 0 spiro atoms. The molecule has 0 aliphatic heterocycles. The number of halogens is 4. The second-order valence-electron chi connectivity index (χ2n) is 5.08. The van der Waals surface area contributed by atoms with Crippen LogP contribution in [0.5, 0.6) is 5.75 Å². The van der Waals surface area contributed by atoms with Gasteiger partial charge in [-0.2, -0.15) is 13.2 Å². The molecule has 1 unspecified atom stereocenters. The third-order valence-electron chi connectivity index (χ3n) is 3.35. The standard InChI is InChI=1S/C15H20F3NO3.ClH/c1-11(14(20)21)19(2)8-3-4-9-22-13-7-5-6-12(10-13)15(16,17)18;/h5-7,10-11H,3-4,8-9H2,1-2H3,(H,20,21);1H. The second-order valence-corrected chi connectivity index (χ2v) is 5.08. The zero-order chi connectivity index (χ0) is 16.8. The number of ether oxygens (including phenoxy) is 1. The molecule has 4 nitrogen and oxygen atoms in total. The molecule has 0 saturated heterocycles. The van der Waals surface area contributed by atoms with Gasteiger partial charge in [-0.25, -0.2) is 0 Å². The lowest BCUT2D eigenvalue weighted by molar-refractivity contribution is -0.142. The number of likely N-dealkylation sites (N-methyl/N-ethyl adjacent to an activating group) is 1. The van der Waals surface area contributed by atoms with Crippen LogP contribution >= 0.6 is 12.4 Å². The highest BCUT2D eigenvalue weighted by Crippen LogP contribution is 2.31. The van der Waals surface area contributed by atoms with Crippen LogP contribution in [0.3, 0.4) is 0 Å². The Labute approximate surface area is 139 Å². The summed E-state index contributed by atoms with van der Waals surface area (Å²) in [7, 11) is 1.71. The molecular formula is C15H21ClF3NO3. The quantitative estimate of drug-likeness (QED) is 0.722. The number of carboxylic acid groups (broad SMARTS) is 1. The van der Waals surface area contributed by atoms with E-state index < -0.39 is 23.8 Å². The van der Waals surface area contributed by atoms with Crippen molar-refractivity contribution in [2.75, 3.05) is 20.2 Å². The number of rotatable bonds is 8. The van der Waals surface area contributed by atoms with Gasteiger partial charge in [-0.1, -0.05) is 6.07 Å². The van der Waals surface area contributed by atoms with Gasteiger partial charge in [0.1, 0.15) is 11.8 Å². The number of unbranched alkanes of at least 4 members (excludes halogenated alkanes) is 1. The minimum absolute atomic E-state index is 0. The van der Waals surface area contributed by atoms with Crippen molar-refractivity contribution in [1.29, 1.82) is 0 Å². The van der Waals surface area contributed by atoms with Crippen LogP contribution in [-0.2, 0) is 11.0 Å². The molecule has 1 atom stereocenters. The molecule has 0 amide bonds. The Morgan fingerprint density at radius 3 is 2.57 bits per heavy atom. The van der Waals surface area contributed by atoms with Crippen molar-refractivity contribution in [1.82, 2.24) is 4.90 Å². The number of alkyl halides is 3. The Morgan fingerprint density at radius 2 is 2.00 bits per heavy atom. The predicted molar refractivity (Wildman–Crippen MR) is 83.1 cm³/mol. The third kappa shape index (κ3) is 7.56. The lowest BCUT2D eigenvalue weighted by atomic mass is 10.2. The SMILES string of the molecule is CC(C(=O)O)N(C)CCCCOc1cccc(C(F)(F)F)c1.Cl. The van der Waals surface area contributed by atoms with Crippen molar-refractivity contribution in [2.24, 2.45) is 0 Å². The van der Waals surface area contributed by atoms with E-state index in [1.54, 1.807) is 18.9 Å². The normalized spacial score (nSPS) is 12.6.